The number of Topliss-reactive ketones (excluding diaryl/α,β-unsaturated/α-hetero) is 1. The van der Waals surface area contributed by atoms with Gasteiger partial charge in [0.15, 0.2) is 5.70 Å². The van der Waals surface area contributed by atoms with E-state index in [0.29, 0.717) is 18.7 Å². The number of rotatable bonds is 11. The second-order valence-corrected chi connectivity index (χ2v) is 10.1. The summed E-state index contributed by atoms with van der Waals surface area (Å²) < 4.78 is 73.2. The number of nitrogens with two attached hydrogens (primary N) is 1. The number of sulfonamides is 1. The Kier molecular flexibility index (Phi) is 11.3. The van der Waals surface area contributed by atoms with Crippen LogP contribution in [0.3, 0.4) is 0 Å². The highest BCUT2D eigenvalue weighted by Crippen LogP contribution is 2.16. The highest BCUT2D eigenvalue weighted by Gasteiger charge is 2.30. The quantitative estimate of drug-likeness (QED) is 0.323. The van der Waals surface area contributed by atoms with Crippen molar-refractivity contribution in [2.75, 3.05) is 0 Å². The largest absolute Gasteiger partial charge is 0.542 e. The number of carboxylic acid groups (broad SMARTS) is 1. The molecule has 13 heteroatoms. The molecular formula is C25H27F4N3O5S. The molecule has 0 spiro atoms. The van der Waals surface area contributed by atoms with E-state index in [1.807, 2.05) is 35.6 Å². The summed E-state index contributed by atoms with van der Waals surface area (Å²) in [5, 5.41) is 10.7. The Balaban J connectivity index is 0.000000638. The van der Waals surface area contributed by atoms with Gasteiger partial charge < -0.3 is 14.7 Å². The van der Waals surface area contributed by atoms with E-state index in [-0.39, 0.29) is 10.7 Å². The number of hydrogen-bond donors (Lipinski definition) is 2. The lowest BCUT2D eigenvalue weighted by atomic mass is 10.1. The number of benzene rings is 2. The van der Waals surface area contributed by atoms with Gasteiger partial charge in [0.05, 0.1) is 11.1 Å². The maximum absolute atomic E-state index is 13.2. The molecule has 3 N–H and O–H groups in total. The van der Waals surface area contributed by atoms with Crippen LogP contribution in [0.1, 0.15) is 44.6 Å². The van der Waals surface area contributed by atoms with E-state index in [9.17, 15) is 30.8 Å². The number of alkyl halides is 3. The molecule has 1 aliphatic heterocycles. The molecule has 8 nitrogen and oxygen atoms in total. The highest BCUT2D eigenvalue weighted by atomic mass is 32.2. The van der Waals surface area contributed by atoms with E-state index in [2.05, 4.69) is 9.71 Å². The van der Waals surface area contributed by atoms with E-state index in [1.54, 1.807) is 13.1 Å². The molecule has 0 saturated carbocycles. The summed E-state index contributed by atoms with van der Waals surface area (Å²) in [6.45, 7) is 1.57. The van der Waals surface area contributed by atoms with Crippen LogP contribution < -0.4 is 15.1 Å². The number of carbonyl (C=O) groups is 2. The molecule has 1 heterocycles. The summed E-state index contributed by atoms with van der Waals surface area (Å²) in [6, 6.07) is 14.0. The molecule has 1 atom stereocenters. The molecule has 0 aliphatic carbocycles. The minimum atomic E-state index is -5.19. The standard InChI is InChI=1S/C23H26FN3O3S.C2HF3O2/c1-17(28)8-4-2-7-11-21(27-31(29,30)20-14-12-19(24)13-15-20)23-25-16-22(26-23)18-9-5-3-6-10-18;3-2(4,5)1(6)7/h3,5-6,9-10,12-16,21,27H,2,4,7-8,11H2,1H3,(H,25,26);(H,6,7)/t21-;/m0./s1. The number of nitrogens with one attached hydrogen (secondary N) is 1. The Morgan fingerprint density at radius 3 is 2.18 bits per heavy atom. The molecule has 0 fully saturated rings. The van der Waals surface area contributed by atoms with Crippen LogP contribution in [0.25, 0.3) is 5.70 Å². The third kappa shape index (κ3) is 10.1. The molecular weight excluding hydrogens is 530 g/mol. The maximum Gasteiger partial charge on any atom is 0.430 e. The van der Waals surface area contributed by atoms with Crippen molar-refractivity contribution in [3.63, 3.8) is 0 Å². The fourth-order valence-electron chi connectivity index (χ4n) is 3.39. The van der Waals surface area contributed by atoms with Crippen molar-refractivity contribution >= 4 is 33.3 Å². The van der Waals surface area contributed by atoms with Crippen LogP contribution in [0.15, 0.2) is 70.7 Å². The lowest BCUT2D eigenvalue weighted by Gasteiger charge is -2.17. The summed E-state index contributed by atoms with van der Waals surface area (Å²) in [7, 11) is -3.85. The average molecular weight is 558 g/mol. The van der Waals surface area contributed by atoms with Gasteiger partial charge in [0.2, 0.25) is 15.9 Å². The molecule has 0 amide bonds. The number of carboxylic acids is 1. The van der Waals surface area contributed by atoms with Gasteiger partial charge in [0.1, 0.15) is 23.6 Å². The van der Waals surface area contributed by atoms with Crippen molar-refractivity contribution in [3.05, 3.63) is 72.2 Å². The van der Waals surface area contributed by atoms with Gasteiger partial charge in [-0.3, -0.25) is 5.32 Å². The van der Waals surface area contributed by atoms with Gasteiger partial charge >= 0.3 is 6.18 Å². The predicted octanol–water partition coefficient (Wildman–Crippen LogP) is 2.28. The fraction of sp³-hybridized carbons (Fsp3) is 0.320. The molecule has 38 heavy (non-hydrogen) atoms. The summed E-state index contributed by atoms with van der Waals surface area (Å²) in [5.74, 6) is -2.71. The second kappa shape index (κ2) is 13.9. The summed E-state index contributed by atoms with van der Waals surface area (Å²) in [6.07, 6.45) is -0.0452. The minimum Gasteiger partial charge on any atom is -0.542 e. The average Bonchev–Trinajstić information content (AvgIpc) is 3.34. The number of aliphatic carboxylic acids is 1. The molecule has 206 valence electrons. The molecule has 0 aromatic heterocycles. The van der Waals surface area contributed by atoms with Crippen LogP contribution >= 0.6 is 0 Å². The Morgan fingerprint density at radius 1 is 1.03 bits per heavy atom. The number of nitrogens with zero attached hydrogens (tertiary/aromatic N) is 1. The van der Waals surface area contributed by atoms with E-state index in [0.717, 1.165) is 42.7 Å². The van der Waals surface area contributed by atoms with Crippen LogP contribution in [0.4, 0.5) is 17.6 Å². The third-order valence-corrected chi connectivity index (χ3v) is 6.78. The van der Waals surface area contributed by atoms with Gasteiger partial charge in [-0.15, -0.1) is 0 Å². The lowest BCUT2D eigenvalue weighted by Crippen LogP contribution is -2.87. The molecule has 0 radical (unpaired) electrons. The van der Waals surface area contributed by atoms with Gasteiger partial charge in [0, 0.05) is 12.0 Å². The Bertz CT molecular complexity index is 1260. The van der Waals surface area contributed by atoms with Crippen LogP contribution in [0, 0.1) is 5.82 Å². The highest BCUT2D eigenvalue weighted by molar-refractivity contribution is 7.89. The predicted molar refractivity (Wildman–Crippen MR) is 129 cm³/mol. The van der Waals surface area contributed by atoms with Crippen LogP contribution in [0.5, 0.6) is 0 Å². The normalized spacial score (nSPS) is 14.1. The SMILES string of the molecule is CC(=O)CCCCC[C@H](NS(=O)(=O)c1ccc(F)cc1)C1=NC=C(c2ccccc2)[NH2+]1.O=C([O-])C(F)(F)F. The number of ketones is 1. The van der Waals surface area contributed by atoms with Crippen molar-refractivity contribution in [3.8, 4) is 0 Å². The number of aliphatic imine (C=N–C) groups is 1. The zero-order chi connectivity index (χ0) is 28.3. The monoisotopic (exact) mass is 557 g/mol. The molecule has 3 rings (SSSR count). The first-order valence-corrected chi connectivity index (χ1v) is 13.0. The van der Waals surface area contributed by atoms with Crippen molar-refractivity contribution < 1.29 is 46.0 Å². The van der Waals surface area contributed by atoms with Gasteiger partial charge in [-0.25, -0.2) is 17.8 Å². The number of unbranched alkanes of at least 4 members (excludes halogenated alkanes) is 2. The fourth-order valence-corrected chi connectivity index (χ4v) is 4.64. The Labute approximate surface area is 217 Å². The van der Waals surface area contributed by atoms with Crippen LogP contribution in [-0.4, -0.2) is 38.2 Å². The number of quaternary nitrogens is 1. The smallest absolute Gasteiger partial charge is 0.430 e. The van der Waals surface area contributed by atoms with Crippen molar-refractivity contribution in [1.82, 2.24) is 4.72 Å². The first-order valence-electron chi connectivity index (χ1n) is 11.5. The van der Waals surface area contributed by atoms with Crippen molar-refractivity contribution in [1.29, 1.82) is 0 Å². The lowest BCUT2D eigenvalue weighted by molar-refractivity contribution is -0.434. The van der Waals surface area contributed by atoms with E-state index < -0.39 is 34.0 Å². The van der Waals surface area contributed by atoms with Gasteiger partial charge in [0.25, 0.3) is 0 Å². The molecule has 2 aromatic carbocycles. The summed E-state index contributed by atoms with van der Waals surface area (Å²) >= 11 is 0. The molecule has 0 bridgehead atoms. The second-order valence-electron chi connectivity index (χ2n) is 8.36. The molecule has 1 aliphatic rings. The first-order chi connectivity index (χ1) is 17.8. The zero-order valence-electron chi connectivity index (χ0n) is 20.4. The number of amidine groups is 1. The van der Waals surface area contributed by atoms with Crippen molar-refractivity contribution in [2.24, 2.45) is 4.99 Å². The van der Waals surface area contributed by atoms with Gasteiger partial charge in [-0.1, -0.05) is 31.0 Å². The van der Waals surface area contributed by atoms with Crippen LogP contribution in [0.2, 0.25) is 0 Å². The van der Waals surface area contributed by atoms with Crippen molar-refractivity contribution in [2.45, 2.75) is 56.1 Å². The number of hydrogen-bond acceptors (Lipinski definition) is 6. The third-order valence-electron chi connectivity index (χ3n) is 5.29. The van der Waals surface area contributed by atoms with E-state index in [1.165, 1.54) is 12.1 Å². The summed E-state index contributed by atoms with van der Waals surface area (Å²) in [5.41, 5.74) is 1.92. The van der Waals surface area contributed by atoms with Gasteiger partial charge in [-0.05, 0) is 56.2 Å². The Morgan fingerprint density at radius 2 is 1.63 bits per heavy atom. The molecule has 0 unspecified atom stereocenters. The first kappa shape index (κ1) is 30.8. The van der Waals surface area contributed by atoms with Gasteiger partial charge in [-0.2, -0.15) is 17.9 Å². The molecule has 2 aromatic rings. The number of carbonyl (C=O) groups excluding carboxylic acids is 2. The summed E-state index contributed by atoms with van der Waals surface area (Å²) in [4.78, 5) is 24.4. The zero-order valence-corrected chi connectivity index (χ0v) is 21.2. The van der Waals surface area contributed by atoms with Crippen LogP contribution in [-0.2, 0) is 19.6 Å². The van der Waals surface area contributed by atoms with E-state index in [4.69, 9.17) is 9.90 Å². The van der Waals surface area contributed by atoms with E-state index >= 15 is 0 Å². The molecule has 0 saturated heterocycles. The maximum atomic E-state index is 13.2. The topological polar surface area (TPSA) is 132 Å². The Hall–Kier alpha value is -3.42. The number of halogens is 4. The minimum absolute atomic E-state index is 0.00492.